The molecule has 0 aliphatic carbocycles. The first-order valence-electron chi connectivity index (χ1n) is 5.16. The minimum atomic E-state index is 0.723. The number of allylic oxidation sites excluding steroid dienone is 1. The van der Waals surface area contributed by atoms with Crippen molar-refractivity contribution in [2.24, 2.45) is 5.92 Å². The van der Waals surface area contributed by atoms with Crippen LogP contribution in [-0.4, -0.2) is 26.3 Å². The number of hydrogen-bond acceptors (Lipinski definition) is 2. The highest BCUT2D eigenvalue weighted by molar-refractivity contribution is 4.64. The zero-order valence-electron chi connectivity index (χ0n) is 9.01. The summed E-state index contributed by atoms with van der Waals surface area (Å²) in [5.41, 5.74) is 0. The van der Waals surface area contributed by atoms with Gasteiger partial charge in [-0.3, -0.25) is 0 Å². The van der Waals surface area contributed by atoms with E-state index in [1.807, 2.05) is 6.08 Å². The third-order valence-corrected chi connectivity index (χ3v) is 1.67. The summed E-state index contributed by atoms with van der Waals surface area (Å²) in [6.07, 6.45) is 4.08. The Hall–Kier alpha value is -0.340. The lowest BCUT2D eigenvalue weighted by Crippen LogP contribution is -2.24. The van der Waals surface area contributed by atoms with Crippen molar-refractivity contribution in [3.05, 3.63) is 12.7 Å². The van der Waals surface area contributed by atoms with Gasteiger partial charge in [0.1, 0.15) is 0 Å². The third-order valence-electron chi connectivity index (χ3n) is 1.67. The Labute approximate surface area is 82.4 Å². The average Bonchev–Trinajstić information content (AvgIpc) is 2.09. The maximum absolute atomic E-state index is 5.41. The van der Waals surface area contributed by atoms with E-state index in [2.05, 4.69) is 25.7 Å². The van der Waals surface area contributed by atoms with Gasteiger partial charge in [-0.25, -0.2) is 0 Å². The molecular formula is C11H23NO. The summed E-state index contributed by atoms with van der Waals surface area (Å²) in [6.45, 7) is 11.8. The van der Waals surface area contributed by atoms with Crippen LogP contribution in [0, 0.1) is 5.92 Å². The van der Waals surface area contributed by atoms with E-state index in [0.717, 1.165) is 45.1 Å². The number of nitrogens with one attached hydrogen (secondary N) is 1. The molecule has 0 aromatic carbocycles. The average molecular weight is 185 g/mol. The van der Waals surface area contributed by atoms with Gasteiger partial charge in [0.25, 0.3) is 0 Å². The second-order valence-electron chi connectivity index (χ2n) is 3.64. The Morgan fingerprint density at radius 2 is 2.15 bits per heavy atom. The Balaban J connectivity index is 2.87. The van der Waals surface area contributed by atoms with Gasteiger partial charge in [0.05, 0.1) is 6.61 Å². The van der Waals surface area contributed by atoms with E-state index in [9.17, 15) is 0 Å². The first kappa shape index (κ1) is 12.7. The molecule has 0 aromatic rings. The maximum Gasteiger partial charge on any atom is 0.0590 e. The molecule has 1 N–H and O–H groups in total. The number of unbranched alkanes of at least 4 members (excludes halogenated alkanes) is 1. The molecule has 13 heavy (non-hydrogen) atoms. The van der Waals surface area contributed by atoms with E-state index in [0.29, 0.717) is 0 Å². The molecule has 0 amide bonds. The van der Waals surface area contributed by atoms with E-state index in [1.54, 1.807) is 0 Å². The van der Waals surface area contributed by atoms with Crippen molar-refractivity contribution in [1.82, 2.24) is 5.32 Å². The van der Waals surface area contributed by atoms with E-state index in [1.165, 1.54) is 0 Å². The van der Waals surface area contributed by atoms with Gasteiger partial charge in [0.2, 0.25) is 0 Å². The molecule has 0 heterocycles. The van der Waals surface area contributed by atoms with Crippen molar-refractivity contribution in [3.8, 4) is 0 Å². The third kappa shape index (κ3) is 11.7. The first-order valence-corrected chi connectivity index (χ1v) is 5.16. The van der Waals surface area contributed by atoms with Crippen molar-refractivity contribution in [2.75, 3.05) is 26.3 Å². The van der Waals surface area contributed by atoms with Crippen LogP contribution in [-0.2, 0) is 4.74 Å². The molecule has 0 saturated heterocycles. The predicted octanol–water partition coefficient (Wildman–Crippen LogP) is 2.21. The summed E-state index contributed by atoms with van der Waals surface area (Å²) in [5.74, 6) is 0.723. The van der Waals surface area contributed by atoms with Crippen molar-refractivity contribution < 1.29 is 4.74 Å². The number of hydrogen-bond donors (Lipinski definition) is 1. The monoisotopic (exact) mass is 185 g/mol. The summed E-state index contributed by atoms with van der Waals surface area (Å²) in [5, 5.41) is 3.33. The molecular weight excluding hydrogens is 162 g/mol. The minimum absolute atomic E-state index is 0.723. The van der Waals surface area contributed by atoms with Crippen LogP contribution >= 0.6 is 0 Å². The van der Waals surface area contributed by atoms with Gasteiger partial charge in [0.15, 0.2) is 0 Å². The highest BCUT2D eigenvalue weighted by Gasteiger charge is 1.92. The standard InChI is InChI=1S/C11H23NO/c1-4-5-6-8-13-9-7-12-10-11(2)3/h4,11-12H,1,5-10H2,2-3H3. The lowest BCUT2D eigenvalue weighted by Gasteiger charge is -2.07. The molecule has 0 fully saturated rings. The molecule has 0 aliphatic heterocycles. The van der Waals surface area contributed by atoms with Crippen LogP contribution in [0.5, 0.6) is 0 Å². The molecule has 0 rings (SSSR count). The van der Waals surface area contributed by atoms with Gasteiger partial charge in [-0.05, 0) is 25.3 Å². The maximum atomic E-state index is 5.41. The Morgan fingerprint density at radius 3 is 2.77 bits per heavy atom. The van der Waals surface area contributed by atoms with Gasteiger partial charge in [0, 0.05) is 13.2 Å². The number of ether oxygens (including phenoxy) is 1. The molecule has 2 nitrogen and oxygen atoms in total. The SMILES string of the molecule is C=CCCCOCCNCC(C)C. The Kier molecular flexibility index (Phi) is 9.49. The molecule has 0 bridgehead atoms. The first-order chi connectivity index (χ1) is 6.27. The summed E-state index contributed by atoms with van der Waals surface area (Å²) in [4.78, 5) is 0. The molecule has 0 saturated carbocycles. The van der Waals surface area contributed by atoms with E-state index in [4.69, 9.17) is 4.74 Å². The van der Waals surface area contributed by atoms with Gasteiger partial charge in [-0.15, -0.1) is 6.58 Å². The fourth-order valence-electron chi connectivity index (χ4n) is 0.967. The van der Waals surface area contributed by atoms with Crippen LogP contribution in [0.2, 0.25) is 0 Å². The van der Waals surface area contributed by atoms with E-state index in [-0.39, 0.29) is 0 Å². The summed E-state index contributed by atoms with van der Waals surface area (Å²) < 4.78 is 5.41. The zero-order valence-corrected chi connectivity index (χ0v) is 9.01. The molecule has 0 unspecified atom stereocenters. The number of rotatable bonds is 9. The van der Waals surface area contributed by atoms with Crippen LogP contribution in [0.15, 0.2) is 12.7 Å². The Bertz CT molecular complexity index is 113. The van der Waals surface area contributed by atoms with Gasteiger partial charge in [-0.1, -0.05) is 19.9 Å². The highest BCUT2D eigenvalue weighted by atomic mass is 16.5. The van der Waals surface area contributed by atoms with Crippen molar-refractivity contribution >= 4 is 0 Å². The van der Waals surface area contributed by atoms with Gasteiger partial charge < -0.3 is 10.1 Å². The second kappa shape index (κ2) is 9.75. The molecule has 0 spiro atoms. The van der Waals surface area contributed by atoms with Crippen LogP contribution in [0.4, 0.5) is 0 Å². The summed E-state index contributed by atoms with van der Waals surface area (Å²) in [6, 6.07) is 0. The fourth-order valence-corrected chi connectivity index (χ4v) is 0.967. The largest absolute Gasteiger partial charge is 0.380 e. The van der Waals surface area contributed by atoms with Gasteiger partial charge >= 0.3 is 0 Å². The van der Waals surface area contributed by atoms with Gasteiger partial charge in [-0.2, -0.15) is 0 Å². The summed E-state index contributed by atoms with van der Waals surface area (Å²) in [7, 11) is 0. The topological polar surface area (TPSA) is 21.3 Å². The molecule has 2 heteroatoms. The fraction of sp³-hybridized carbons (Fsp3) is 0.818. The summed E-state index contributed by atoms with van der Waals surface area (Å²) >= 11 is 0. The lowest BCUT2D eigenvalue weighted by molar-refractivity contribution is 0.133. The Morgan fingerprint density at radius 1 is 1.38 bits per heavy atom. The van der Waals surface area contributed by atoms with Crippen molar-refractivity contribution in [1.29, 1.82) is 0 Å². The van der Waals surface area contributed by atoms with Crippen LogP contribution < -0.4 is 5.32 Å². The van der Waals surface area contributed by atoms with Crippen LogP contribution in [0.1, 0.15) is 26.7 Å². The second-order valence-corrected chi connectivity index (χ2v) is 3.64. The molecule has 0 atom stereocenters. The van der Waals surface area contributed by atoms with Crippen LogP contribution in [0.3, 0.4) is 0 Å². The quantitative estimate of drug-likeness (QED) is 0.439. The minimum Gasteiger partial charge on any atom is -0.380 e. The van der Waals surface area contributed by atoms with E-state index >= 15 is 0 Å². The van der Waals surface area contributed by atoms with Crippen molar-refractivity contribution in [2.45, 2.75) is 26.7 Å². The highest BCUT2D eigenvalue weighted by Crippen LogP contribution is 1.90. The normalized spacial score (nSPS) is 10.7. The smallest absolute Gasteiger partial charge is 0.0590 e. The lowest BCUT2D eigenvalue weighted by atomic mass is 10.2. The molecule has 0 aliphatic rings. The zero-order chi connectivity index (χ0) is 9.94. The van der Waals surface area contributed by atoms with E-state index < -0.39 is 0 Å². The molecule has 0 radical (unpaired) electrons. The van der Waals surface area contributed by atoms with Crippen LogP contribution in [0.25, 0.3) is 0 Å². The predicted molar refractivity (Wildman–Crippen MR) is 58.0 cm³/mol. The molecule has 0 aromatic heterocycles. The van der Waals surface area contributed by atoms with Crippen molar-refractivity contribution in [3.63, 3.8) is 0 Å². The molecule has 78 valence electrons.